The summed E-state index contributed by atoms with van der Waals surface area (Å²) in [6.45, 7) is 2.06. The fraction of sp³-hybridized carbons (Fsp3) is 0.200. The molecule has 0 spiro atoms. The van der Waals surface area contributed by atoms with Crippen LogP contribution >= 0.6 is 11.6 Å². The number of amides is 1. The highest BCUT2D eigenvalue weighted by Gasteiger charge is 2.40. The van der Waals surface area contributed by atoms with Crippen LogP contribution < -0.4 is 10.1 Å². The second kappa shape index (κ2) is 8.57. The first-order valence-electron chi connectivity index (χ1n) is 8.64. The molecule has 0 bridgehead atoms. The van der Waals surface area contributed by atoms with Crippen molar-refractivity contribution < 1.29 is 22.7 Å². The molecule has 3 aromatic rings. The summed E-state index contributed by atoms with van der Waals surface area (Å²) in [5.41, 5.74) is -0.570. The molecule has 5 nitrogen and oxygen atoms in total. The predicted molar refractivity (Wildman–Crippen MR) is 103 cm³/mol. The minimum atomic E-state index is -4.78. The largest absolute Gasteiger partial charge is 0.492 e. The van der Waals surface area contributed by atoms with Crippen LogP contribution in [0.4, 0.5) is 13.2 Å². The van der Waals surface area contributed by atoms with E-state index in [1.54, 1.807) is 6.07 Å². The van der Waals surface area contributed by atoms with Gasteiger partial charge in [0.25, 0.3) is 5.91 Å². The number of benzene rings is 2. The summed E-state index contributed by atoms with van der Waals surface area (Å²) in [5.74, 6) is -0.267. The molecular formula is C20H17ClF3N3O2. The number of aromatic nitrogens is 2. The van der Waals surface area contributed by atoms with E-state index in [0.29, 0.717) is 15.5 Å². The maximum absolute atomic E-state index is 13.6. The number of nitrogens with one attached hydrogen (secondary N) is 1. The van der Waals surface area contributed by atoms with Crippen molar-refractivity contribution in [1.29, 1.82) is 0 Å². The van der Waals surface area contributed by atoms with Crippen LogP contribution in [-0.4, -0.2) is 28.8 Å². The van der Waals surface area contributed by atoms with Crippen LogP contribution in [0.2, 0.25) is 5.02 Å². The average Bonchev–Trinajstić information content (AvgIpc) is 3.11. The smallest absolute Gasteiger partial charge is 0.434 e. The summed E-state index contributed by atoms with van der Waals surface area (Å²) < 4.78 is 47.0. The van der Waals surface area contributed by atoms with Crippen molar-refractivity contribution in [2.75, 3.05) is 13.2 Å². The summed E-state index contributed by atoms with van der Waals surface area (Å²) in [5, 5.41) is 6.56. The highest BCUT2D eigenvalue weighted by molar-refractivity contribution is 6.30. The number of halogens is 4. The molecule has 0 aliphatic heterocycles. The molecule has 2 aromatic carbocycles. The van der Waals surface area contributed by atoms with Crippen molar-refractivity contribution in [2.45, 2.75) is 13.1 Å². The molecule has 1 N–H and O–H groups in total. The highest BCUT2D eigenvalue weighted by Crippen LogP contribution is 2.33. The van der Waals surface area contributed by atoms with Crippen LogP contribution in [0.3, 0.4) is 0 Å². The molecule has 1 heterocycles. The molecule has 29 heavy (non-hydrogen) atoms. The predicted octanol–water partition coefficient (Wildman–Crippen LogP) is 4.66. The maximum Gasteiger partial charge on any atom is 0.434 e. The average molecular weight is 424 g/mol. The molecule has 3 rings (SSSR count). The van der Waals surface area contributed by atoms with Crippen molar-refractivity contribution in [3.05, 3.63) is 76.6 Å². The first-order chi connectivity index (χ1) is 13.8. The lowest BCUT2D eigenvalue weighted by Gasteiger charge is -2.13. The number of hydrogen-bond donors (Lipinski definition) is 1. The number of hydrogen-bond acceptors (Lipinski definition) is 3. The summed E-state index contributed by atoms with van der Waals surface area (Å²) >= 11 is 5.78. The van der Waals surface area contributed by atoms with Gasteiger partial charge >= 0.3 is 6.18 Å². The molecular weight excluding hydrogens is 407 g/mol. The Kier molecular flexibility index (Phi) is 6.12. The Labute approximate surface area is 170 Å². The number of alkyl halides is 3. The molecule has 152 valence electrons. The van der Waals surface area contributed by atoms with Crippen LogP contribution in [0.1, 0.15) is 21.6 Å². The fourth-order valence-electron chi connectivity index (χ4n) is 2.70. The van der Waals surface area contributed by atoms with Gasteiger partial charge < -0.3 is 10.1 Å². The van der Waals surface area contributed by atoms with Crippen LogP contribution in [0, 0.1) is 6.92 Å². The van der Waals surface area contributed by atoms with Crippen LogP contribution in [0.5, 0.6) is 5.75 Å². The first-order valence-corrected chi connectivity index (χ1v) is 9.02. The van der Waals surface area contributed by atoms with E-state index >= 15 is 0 Å². The van der Waals surface area contributed by atoms with Gasteiger partial charge in [-0.3, -0.25) is 4.79 Å². The summed E-state index contributed by atoms with van der Waals surface area (Å²) in [7, 11) is 0. The van der Waals surface area contributed by atoms with Gasteiger partial charge in [0, 0.05) is 5.02 Å². The zero-order valence-corrected chi connectivity index (χ0v) is 16.1. The molecule has 0 aliphatic rings. The van der Waals surface area contributed by atoms with Crippen LogP contribution in [0.15, 0.2) is 54.7 Å². The Bertz CT molecular complexity index is 1000. The van der Waals surface area contributed by atoms with Gasteiger partial charge in [0.05, 0.1) is 24.0 Å². The second-order valence-corrected chi connectivity index (χ2v) is 6.65. The molecule has 0 fully saturated rings. The first kappa shape index (κ1) is 20.7. The van der Waals surface area contributed by atoms with E-state index < -0.39 is 23.3 Å². The van der Waals surface area contributed by atoms with E-state index in [1.807, 2.05) is 25.1 Å². The molecule has 0 atom stereocenters. The number of carbonyl (C=O) groups is 1. The van der Waals surface area contributed by atoms with Crippen LogP contribution in [-0.2, 0) is 6.18 Å². The molecule has 0 aliphatic carbocycles. The van der Waals surface area contributed by atoms with Gasteiger partial charge in [-0.05, 0) is 48.9 Å². The molecule has 1 amide bonds. The van der Waals surface area contributed by atoms with Gasteiger partial charge in [-0.1, -0.05) is 23.7 Å². The topological polar surface area (TPSA) is 56.1 Å². The van der Waals surface area contributed by atoms with Crippen LogP contribution in [0.25, 0.3) is 5.69 Å². The molecule has 0 unspecified atom stereocenters. The van der Waals surface area contributed by atoms with Crippen molar-refractivity contribution >= 4 is 17.5 Å². The lowest BCUT2D eigenvalue weighted by atomic mass is 10.2. The SMILES string of the molecule is Cc1cccc(OCCNC(=O)c2cnn(-c3ccc(Cl)cc3)c2C(F)(F)F)c1. The minimum absolute atomic E-state index is 0.0379. The molecule has 9 heteroatoms. The van der Waals surface area contributed by atoms with Crippen molar-refractivity contribution in [3.8, 4) is 11.4 Å². The Morgan fingerprint density at radius 2 is 1.93 bits per heavy atom. The van der Waals surface area contributed by atoms with E-state index in [9.17, 15) is 18.0 Å². The molecule has 0 saturated carbocycles. The van der Waals surface area contributed by atoms with E-state index in [2.05, 4.69) is 10.4 Å². The normalized spacial score (nSPS) is 11.3. The van der Waals surface area contributed by atoms with E-state index in [4.69, 9.17) is 16.3 Å². The molecule has 0 saturated heterocycles. The Balaban J connectivity index is 1.72. The van der Waals surface area contributed by atoms with E-state index in [0.717, 1.165) is 11.8 Å². The maximum atomic E-state index is 13.6. The summed E-state index contributed by atoms with van der Waals surface area (Å²) in [6, 6.07) is 13.0. The monoisotopic (exact) mass is 423 g/mol. The quantitative estimate of drug-likeness (QED) is 0.586. The third kappa shape index (κ3) is 5.08. The van der Waals surface area contributed by atoms with Gasteiger partial charge in [0.1, 0.15) is 12.4 Å². The minimum Gasteiger partial charge on any atom is -0.492 e. The lowest BCUT2D eigenvalue weighted by molar-refractivity contribution is -0.143. The zero-order valence-electron chi connectivity index (χ0n) is 15.3. The fourth-order valence-corrected chi connectivity index (χ4v) is 2.83. The number of rotatable bonds is 6. The molecule has 1 aromatic heterocycles. The second-order valence-electron chi connectivity index (χ2n) is 6.21. The summed E-state index contributed by atoms with van der Waals surface area (Å²) in [6.07, 6.45) is -3.88. The standard InChI is InChI=1S/C20H17ClF3N3O2/c1-13-3-2-4-16(11-13)29-10-9-25-19(28)17-12-26-27(18(17)20(22,23)24)15-7-5-14(21)6-8-15/h2-8,11-12H,9-10H2,1H3,(H,25,28). The third-order valence-corrected chi connectivity index (χ3v) is 4.25. The van der Waals surface area contributed by atoms with Gasteiger partial charge in [0.15, 0.2) is 5.69 Å². The zero-order chi connectivity index (χ0) is 21.0. The van der Waals surface area contributed by atoms with Crippen molar-refractivity contribution in [3.63, 3.8) is 0 Å². The molecule has 0 radical (unpaired) electrons. The number of ether oxygens (including phenoxy) is 1. The van der Waals surface area contributed by atoms with Gasteiger partial charge in [-0.25, -0.2) is 4.68 Å². The van der Waals surface area contributed by atoms with Crippen molar-refractivity contribution in [1.82, 2.24) is 15.1 Å². The van der Waals surface area contributed by atoms with E-state index in [1.165, 1.54) is 24.3 Å². The van der Waals surface area contributed by atoms with Gasteiger partial charge in [-0.2, -0.15) is 18.3 Å². The number of aryl methyl sites for hydroxylation is 1. The Hall–Kier alpha value is -3.00. The summed E-state index contributed by atoms with van der Waals surface area (Å²) in [4.78, 5) is 12.3. The van der Waals surface area contributed by atoms with E-state index in [-0.39, 0.29) is 18.8 Å². The Morgan fingerprint density at radius 1 is 1.21 bits per heavy atom. The van der Waals surface area contributed by atoms with Gasteiger partial charge in [-0.15, -0.1) is 0 Å². The number of carbonyl (C=O) groups excluding carboxylic acids is 1. The number of nitrogens with zero attached hydrogens (tertiary/aromatic N) is 2. The van der Waals surface area contributed by atoms with Crippen molar-refractivity contribution in [2.24, 2.45) is 0 Å². The lowest BCUT2D eigenvalue weighted by Crippen LogP contribution is -2.30. The van der Waals surface area contributed by atoms with Gasteiger partial charge in [0.2, 0.25) is 0 Å². The highest BCUT2D eigenvalue weighted by atomic mass is 35.5. The third-order valence-electron chi connectivity index (χ3n) is 4.00. The Morgan fingerprint density at radius 3 is 2.59 bits per heavy atom.